The number of hydrogen-bond donors (Lipinski definition) is 1. The number of amides is 1. The molecule has 0 saturated carbocycles. The van der Waals surface area contributed by atoms with Gasteiger partial charge < -0.3 is 15.5 Å². The van der Waals surface area contributed by atoms with Crippen molar-refractivity contribution in [3.05, 3.63) is 23.2 Å². The summed E-state index contributed by atoms with van der Waals surface area (Å²) in [5.74, 6) is 0.0335. The van der Waals surface area contributed by atoms with Crippen molar-refractivity contribution in [1.82, 2.24) is 4.90 Å². The number of likely N-dealkylation sites (N-methyl/N-ethyl adjacent to an activating group) is 2. The smallest absolute Gasteiger partial charge is 0.241 e. The van der Waals surface area contributed by atoms with Crippen molar-refractivity contribution in [2.24, 2.45) is 0 Å². The molecule has 0 fully saturated rings. The van der Waals surface area contributed by atoms with Crippen LogP contribution in [0.4, 0.5) is 11.4 Å². The maximum Gasteiger partial charge on any atom is 0.241 e. The lowest BCUT2D eigenvalue weighted by molar-refractivity contribution is -0.127. The molecule has 0 saturated heterocycles. The van der Waals surface area contributed by atoms with E-state index < -0.39 is 0 Å². The van der Waals surface area contributed by atoms with Gasteiger partial charge in [0.2, 0.25) is 5.91 Å². The van der Waals surface area contributed by atoms with E-state index in [1.165, 1.54) is 0 Å². The number of para-hydroxylation sites is 1. The van der Waals surface area contributed by atoms with Gasteiger partial charge in [-0.25, -0.2) is 0 Å². The Balaban J connectivity index is 2.94. The molecule has 0 heterocycles. The summed E-state index contributed by atoms with van der Waals surface area (Å²) >= 11 is 5.97. The predicted octanol–water partition coefficient (Wildman–Crippen LogP) is 1.84. The van der Waals surface area contributed by atoms with E-state index in [1.54, 1.807) is 25.1 Å². The van der Waals surface area contributed by atoms with E-state index in [0.29, 0.717) is 23.8 Å². The highest BCUT2D eigenvalue weighted by molar-refractivity contribution is 6.33. The van der Waals surface area contributed by atoms with E-state index in [9.17, 15) is 4.79 Å². The normalized spacial score (nSPS) is 10.1. The summed E-state index contributed by atoms with van der Waals surface area (Å²) in [4.78, 5) is 15.2. The fraction of sp³-hybridized carbons (Fsp3) is 0.417. The molecule has 0 aliphatic carbocycles. The monoisotopic (exact) mass is 255 g/mol. The number of anilines is 2. The zero-order chi connectivity index (χ0) is 13.0. The highest BCUT2D eigenvalue weighted by atomic mass is 35.5. The van der Waals surface area contributed by atoms with E-state index in [2.05, 4.69) is 0 Å². The Labute approximate surface area is 107 Å². The van der Waals surface area contributed by atoms with Crippen LogP contribution in [0.1, 0.15) is 6.92 Å². The second-order valence-corrected chi connectivity index (χ2v) is 4.38. The first-order valence-electron chi connectivity index (χ1n) is 5.46. The number of rotatable bonds is 4. The Morgan fingerprint density at radius 2 is 2.06 bits per heavy atom. The maximum atomic E-state index is 11.7. The molecule has 1 aromatic rings. The Kier molecular flexibility index (Phi) is 4.63. The zero-order valence-corrected chi connectivity index (χ0v) is 11.2. The van der Waals surface area contributed by atoms with Crippen LogP contribution in [-0.2, 0) is 4.79 Å². The molecule has 4 nitrogen and oxygen atoms in total. The van der Waals surface area contributed by atoms with Gasteiger partial charge >= 0.3 is 0 Å². The molecule has 5 heteroatoms. The minimum Gasteiger partial charge on any atom is -0.396 e. The lowest BCUT2D eigenvalue weighted by Crippen LogP contribution is -2.36. The summed E-state index contributed by atoms with van der Waals surface area (Å²) in [6.45, 7) is 2.97. The molecule has 0 atom stereocenters. The molecule has 0 aliphatic heterocycles. The topological polar surface area (TPSA) is 49.6 Å². The molecule has 2 N–H and O–H groups in total. The Morgan fingerprint density at radius 3 is 2.59 bits per heavy atom. The van der Waals surface area contributed by atoms with Crippen molar-refractivity contribution in [2.75, 3.05) is 37.8 Å². The zero-order valence-electron chi connectivity index (χ0n) is 10.4. The summed E-state index contributed by atoms with van der Waals surface area (Å²) in [6.07, 6.45) is 0. The lowest BCUT2D eigenvalue weighted by Gasteiger charge is -2.25. The Morgan fingerprint density at radius 1 is 1.41 bits per heavy atom. The van der Waals surface area contributed by atoms with Gasteiger partial charge in [-0.3, -0.25) is 4.79 Å². The van der Waals surface area contributed by atoms with Crippen LogP contribution in [0.3, 0.4) is 0 Å². The van der Waals surface area contributed by atoms with E-state index >= 15 is 0 Å². The fourth-order valence-electron chi connectivity index (χ4n) is 1.47. The molecule has 94 valence electrons. The van der Waals surface area contributed by atoms with Crippen LogP contribution >= 0.6 is 11.6 Å². The summed E-state index contributed by atoms with van der Waals surface area (Å²) in [6, 6.07) is 5.44. The van der Waals surface area contributed by atoms with Crippen LogP contribution in [-0.4, -0.2) is 38.0 Å². The number of hydrogen-bond acceptors (Lipinski definition) is 3. The van der Waals surface area contributed by atoms with Crippen LogP contribution in [0.2, 0.25) is 5.02 Å². The van der Waals surface area contributed by atoms with Gasteiger partial charge in [-0.05, 0) is 19.1 Å². The van der Waals surface area contributed by atoms with Crippen molar-refractivity contribution < 1.29 is 4.79 Å². The first-order chi connectivity index (χ1) is 7.97. The van der Waals surface area contributed by atoms with E-state index in [-0.39, 0.29) is 5.91 Å². The third-order valence-corrected chi connectivity index (χ3v) is 2.91. The van der Waals surface area contributed by atoms with Crippen LogP contribution < -0.4 is 10.6 Å². The second kappa shape index (κ2) is 5.77. The van der Waals surface area contributed by atoms with Gasteiger partial charge in [0.1, 0.15) is 0 Å². The molecule has 0 radical (unpaired) electrons. The fourth-order valence-corrected chi connectivity index (χ4v) is 1.64. The Bertz CT molecular complexity index is 407. The summed E-state index contributed by atoms with van der Waals surface area (Å²) in [5, 5.41) is 0.512. The standard InChI is InChI=1S/C12H18ClN3O/c1-4-16(8-11(17)15(2)3)10-7-5-6-9(13)12(10)14/h5-7H,4,8,14H2,1-3H3. The van der Waals surface area contributed by atoms with Gasteiger partial charge in [-0.15, -0.1) is 0 Å². The molecule has 0 aliphatic rings. The highest BCUT2D eigenvalue weighted by Gasteiger charge is 2.14. The van der Waals surface area contributed by atoms with Crippen molar-refractivity contribution in [1.29, 1.82) is 0 Å². The summed E-state index contributed by atoms with van der Waals surface area (Å²) in [7, 11) is 3.47. The Hall–Kier alpha value is -1.42. The van der Waals surface area contributed by atoms with Gasteiger partial charge in [0, 0.05) is 20.6 Å². The van der Waals surface area contributed by atoms with E-state index in [1.807, 2.05) is 24.0 Å². The van der Waals surface area contributed by atoms with Gasteiger partial charge in [-0.1, -0.05) is 17.7 Å². The predicted molar refractivity (Wildman–Crippen MR) is 72.4 cm³/mol. The average molecular weight is 256 g/mol. The summed E-state index contributed by atoms with van der Waals surface area (Å²) in [5.41, 5.74) is 7.23. The molecular weight excluding hydrogens is 238 g/mol. The number of nitrogens with two attached hydrogens (primary N) is 1. The molecule has 1 aromatic carbocycles. The largest absolute Gasteiger partial charge is 0.396 e. The molecule has 1 rings (SSSR count). The van der Waals surface area contributed by atoms with Crippen LogP contribution in [0.15, 0.2) is 18.2 Å². The number of carbonyl (C=O) groups excluding carboxylic acids is 1. The molecule has 17 heavy (non-hydrogen) atoms. The molecule has 1 amide bonds. The lowest BCUT2D eigenvalue weighted by atomic mass is 10.2. The van der Waals surface area contributed by atoms with E-state index in [4.69, 9.17) is 17.3 Å². The van der Waals surface area contributed by atoms with Crippen molar-refractivity contribution in [2.45, 2.75) is 6.92 Å². The SMILES string of the molecule is CCN(CC(=O)N(C)C)c1cccc(Cl)c1N. The number of nitrogens with zero attached hydrogens (tertiary/aromatic N) is 2. The van der Waals surface area contributed by atoms with Gasteiger partial charge in [0.15, 0.2) is 0 Å². The van der Waals surface area contributed by atoms with Crippen LogP contribution in [0, 0.1) is 0 Å². The van der Waals surface area contributed by atoms with Gasteiger partial charge in [-0.2, -0.15) is 0 Å². The molecular formula is C12H18ClN3O. The molecule has 0 spiro atoms. The van der Waals surface area contributed by atoms with Crippen LogP contribution in [0.5, 0.6) is 0 Å². The van der Waals surface area contributed by atoms with Crippen molar-refractivity contribution in [3.63, 3.8) is 0 Å². The quantitative estimate of drug-likeness (QED) is 0.836. The first kappa shape index (κ1) is 13.6. The third-order valence-electron chi connectivity index (χ3n) is 2.58. The third kappa shape index (κ3) is 3.27. The highest BCUT2D eigenvalue weighted by Crippen LogP contribution is 2.29. The first-order valence-corrected chi connectivity index (χ1v) is 5.84. The minimum atomic E-state index is 0.0335. The summed E-state index contributed by atoms with van der Waals surface area (Å²) < 4.78 is 0. The van der Waals surface area contributed by atoms with Crippen molar-refractivity contribution >= 4 is 28.9 Å². The van der Waals surface area contributed by atoms with Crippen molar-refractivity contribution in [3.8, 4) is 0 Å². The minimum absolute atomic E-state index is 0.0335. The molecule has 0 unspecified atom stereocenters. The van der Waals surface area contributed by atoms with Crippen LogP contribution in [0.25, 0.3) is 0 Å². The van der Waals surface area contributed by atoms with Gasteiger partial charge in [0.25, 0.3) is 0 Å². The number of nitrogen functional groups attached to an aromatic ring is 1. The van der Waals surface area contributed by atoms with Gasteiger partial charge in [0.05, 0.1) is 22.9 Å². The second-order valence-electron chi connectivity index (χ2n) is 3.97. The number of carbonyl (C=O) groups is 1. The average Bonchev–Trinajstić information content (AvgIpc) is 2.29. The number of benzene rings is 1. The number of halogens is 1. The maximum absolute atomic E-state index is 11.7. The van der Waals surface area contributed by atoms with E-state index in [0.717, 1.165) is 5.69 Å². The molecule has 0 bridgehead atoms. The molecule has 0 aromatic heterocycles.